The fraction of sp³-hybridized carbons (Fsp3) is 0.562. The highest BCUT2D eigenvalue weighted by molar-refractivity contribution is 9.10. The quantitative estimate of drug-likeness (QED) is 0.420. The number of benzene rings is 1. The van der Waals surface area contributed by atoms with Crippen LogP contribution >= 0.6 is 28.1 Å². The van der Waals surface area contributed by atoms with Gasteiger partial charge in [0.25, 0.3) is 0 Å². The molecule has 0 aliphatic carbocycles. The van der Waals surface area contributed by atoms with Crippen LogP contribution in [-0.4, -0.2) is 12.5 Å². The van der Waals surface area contributed by atoms with Crippen LogP contribution in [0.5, 0.6) is 5.75 Å². The molecule has 1 aromatic carbocycles. The summed E-state index contributed by atoms with van der Waals surface area (Å²) in [5.41, 5.74) is 2.33. The van der Waals surface area contributed by atoms with Crippen LogP contribution in [-0.2, 0) is 6.42 Å². The van der Waals surface area contributed by atoms with Crippen molar-refractivity contribution < 1.29 is 4.74 Å². The molecule has 0 aliphatic rings. The minimum absolute atomic E-state index is 0.841. The topological polar surface area (TPSA) is 9.23 Å². The Bertz CT molecular complexity index is 404. The lowest BCUT2D eigenvalue weighted by molar-refractivity contribution is 0.414. The third kappa shape index (κ3) is 5.62. The molecule has 1 nitrogen and oxygen atoms in total. The summed E-state index contributed by atoms with van der Waals surface area (Å²) in [6, 6.07) is 4.16. The van der Waals surface area contributed by atoms with Crippen LogP contribution in [0.4, 0.5) is 0 Å². The van der Waals surface area contributed by atoms with E-state index in [0.717, 1.165) is 22.2 Å². The molecule has 1 rings (SSSR count). The van der Waals surface area contributed by atoms with E-state index < -0.39 is 0 Å². The van der Waals surface area contributed by atoms with Crippen molar-refractivity contribution in [3.05, 3.63) is 27.7 Å². The Morgan fingerprint density at radius 3 is 2.47 bits per heavy atom. The zero-order valence-electron chi connectivity index (χ0n) is 11.9. The van der Waals surface area contributed by atoms with Crippen molar-refractivity contribution in [2.75, 3.05) is 7.11 Å². The maximum atomic E-state index is 5.31. The van der Waals surface area contributed by atoms with E-state index >= 15 is 0 Å². The zero-order chi connectivity index (χ0) is 14.1. The van der Waals surface area contributed by atoms with Crippen molar-refractivity contribution in [1.82, 2.24) is 0 Å². The molecule has 1 aromatic rings. The molecule has 19 heavy (non-hydrogen) atoms. The predicted octanol–water partition coefficient (Wildman–Crippen LogP) is 5.71. The number of ether oxygens (including phenoxy) is 1. The smallest absolute Gasteiger partial charge is 0.128 e. The number of methoxy groups -OCH3 is 1. The fourth-order valence-corrected chi connectivity index (χ4v) is 2.88. The van der Waals surface area contributed by atoms with Gasteiger partial charge in [-0.1, -0.05) is 67.2 Å². The van der Waals surface area contributed by atoms with Gasteiger partial charge in [0.2, 0.25) is 0 Å². The first-order valence-electron chi connectivity index (χ1n) is 7.04. The van der Waals surface area contributed by atoms with Gasteiger partial charge < -0.3 is 4.74 Å². The van der Waals surface area contributed by atoms with Crippen LogP contribution in [0.3, 0.4) is 0 Å². The van der Waals surface area contributed by atoms with E-state index in [1.165, 1.54) is 44.1 Å². The zero-order valence-corrected chi connectivity index (χ0v) is 14.3. The lowest BCUT2D eigenvalue weighted by Gasteiger charge is -2.10. The van der Waals surface area contributed by atoms with Crippen LogP contribution in [0.15, 0.2) is 16.6 Å². The molecule has 0 aromatic heterocycles. The first-order chi connectivity index (χ1) is 9.22. The summed E-state index contributed by atoms with van der Waals surface area (Å²) < 4.78 is 6.44. The molecule has 3 heteroatoms. The lowest BCUT2D eigenvalue weighted by atomic mass is 10.0. The van der Waals surface area contributed by atoms with Crippen LogP contribution in [0.2, 0.25) is 0 Å². The Hall–Kier alpha value is -0.410. The van der Waals surface area contributed by atoms with Gasteiger partial charge in [0.15, 0.2) is 0 Å². The van der Waals surface area contributed by atoms with E-state index in [4.69, 9.17) is 17.0 Å². The van der Waals surface area contributed by atoms with Crippen molar-refractivity contribution in [3.63, 3.8) is 0 Å². The van der Waals surface area contributed by atoms with Crippen molar-refractivity contribution in [2.24, 2.45) is 0 Å². The molecule has 0 saturated carbocycles. The van der Waals surface area contributed by atoms with Gasteiger partial charge in [0.05, 0.1) is 7.11 Å². The van der Waals surface area contributed by atoms with Crippen molar-refractivity contribution in [1.29, 1.82) is 0 Å². The van der Waals surface area contributed by atoms with E-state index in [9.17, 15) is 0 Å². The average Bonchev–Trinajstić information content (AvgIpc) is 2.43. The van der Waals surface area contributed by atoms with Gasteiger partial charge >= 0.3 is 0 Å². The molecule has 0 spiro atoms. The second kappa shape index (κ2) is 9.49. The first-order valence-corrected chi connectivity index (χ1v) is 8.31. The van der Waals surface area contributed by atoms with Crippen LogP contribution in [0.25, 0.3) is 0 Å². The normalized spacial score (nSPS) is 10.5. The summed E-state index contributed by atoms with van der Waals surface area (Å²) in [5, 5.41) is 1.69. The van der Waals surface area contributed by atoms with Gasteiger partial charge in [-0.05, 0) is 30.5 Å². The average molecular weight is 343 g/mol. The Balaban J connectivity index is 2.51. The predicted molar refractivity (Wildman–Crippen MR) is 90.5 cm³/mol. The van der Waals surface area contributed by atoms with E-state index in [1.807, 2.05) is 6.07 Å². The first kappa shape index (κ1) is 16.6. The number of unbranched alkanes of at least 4 members (excludes halogenated alkanes) is 5. The van der Waals surface area contributed by atoms with E-state index in [2.05, 4.69) is 28.9 Å². The maximum Gasteiger partial charge on any atom is 0.128 e. The molecule has 0 aliphatic heterocycles. The standard InChI is InChI=1S/C16H23BrOS/c1-3-4-5-6-7-8-9-13-10-14(12-19)16(18-2)11-15(13)17/h10-12H,3-9H2,1-2H3. The molecule has 0 amide bonds. The number of halogens is 1. The molecule has 0 radical (unpaired) electrons. The maximum absolute atomic E-state index is 5.31. The van der Waals surface area contributed by atoms with Gasteiger partial charge in [-0.15, -0.1) is 0 Å². The number of aryl methyl sites for hydroxylation is 1. The monoisotopic (exact) mass is 342 g/mol. The van der Waals surface area contributed by atoms with Gasteiger partial charge in [0.1, 0.15) is 5.75 Å². The second-order valence-corrected chi connectivity index (χ2v) is 5.91. The lowest BCUT2D eigenvalue weighted by Crippen LogP contribution is -1.95. The van der Waals surface area contributed by atoms with E-state index in [1.54, 1.807) is 12.5 Å². The SMILES string of the molecule is CCCCCCCCc1cc(C=S)c(OC)cc1Br. The highest BCUT2D eigenvalue weighted by atomic mass is 79.9. The Labute approximate surface area is 130 Å². The molecule has 0 saturated heterocycles. The summed E-state index contributed by atoms with van der Waals surface area (Å²) in [7, 11) is 1.68. The summed E-state index contributed by atoms with van der Waals surface area (Å²) >= 11 is 8.66. The molecule has 0 heterocycles. The van der Waals surface area contributed by atoms with Crippen LogP contribution in [0, 0.1) is 0 Å². The van der Waals surface area contributed by atoms with Crippen molar-refractivity contribution in [2.45, 2.75) is 51.9 Å². The number of rotatable bonds is 9. The number of hydrogen-bond acceptors (Lipinski definition) is 2. The second-order valence-electron chi connectivity index (χ2n) is 4.82. The summed E-state index contributed by atoms with van der Waals surface area (Å²) in [6.45, 7) is 2.25. The van der Waals surface area contributed by atoms with Crippen LogP contribution in [0.1, 0.15) is 56.6 Å². The Morgan fingerprint density at radius 2 is 1.84 bits per heavy atom. The Kier molecular flexibility index (Phi) is 8.31. The molecular formula is C16H23BrOS. The highest BCUT2D eigenvalue weighted by Crippen LogP contribution is 2.28. The van der Waals surface area contributed by atoms with Crippen LogP contribution < -0.4 is 4.74 Å². The molecule has 0 fully saturated rings. The van der Waals surface area contributed by atoms with Crippen molar-refractivity contribution >= 4 is 33.5 Å². The Morgan fingerprint density at radius 1 is 1.16 bits per heavy atom. The van der Waals surface area contributed by atoms with Gasteiger partial charge in [-0.25, -0.2) is 0 Å². The summed E-state index contributed by atoms with van der Waals surface area (Å²) in [4.78, 5) is 0. The molecule has 0 N–H and O–H groups in total. The number of thiocarbonyl (C=S) groups is 1. The van der Waals surface area contributed by atoms with Gasteiger partial charge in [0, 0.05) is 15.4 Å². The minimum Gasteiger partial charge on any atom is -0.496 e. The molecule has 0 atom stereocenters. The minimum atomic E-state index is 0.841. The third-order valence-electron chi connectivity index (χ3n) is 3.33. The highest BCUT2D eigenvalue weighted by Gasteiger charge is 2.07. The summed E-state index contributed by atoms with van der Waals surface area (Å²) in [5.74, 6) is 0.841. The largest absolute Gasteiger partial charge is 0.496 e. The summed E-state index contributed by atoms with van der Waals surface area (Å²) in [6.07, 6.45) is 9.04. The van der Waals surface area contributed by atoms with Gasteiger partial charge in [-0.3, -0.25) is 0 Å². The third-order valence-corrected chi connectivity index (χ3v) is 4.32. The van der Waals surface area contributed by atoms with E-state index in [-0.39, 0.29) is 0 Å². The van der Waals surface area contributed by atoms with Crippen molar-refractivity contribution in [3.8, 4) is 5.75 Å². The fourth-order valence-electron chi connectivity index (χ4n) is 2.18. The molecule has 0 unspecified atom stereocenters. The number of hydrogen-bond donors (Lipinski definition) is 0. The molecular weight excluding hydrogens is 320 g/mol. The molecule has 106 valence electrons. The molecule has 0 bridgehead atoms. The van der Waals surface area contributed by atoms with Gasteiger partial charge in [-0.2, -0.15) is 0 Å². The van der Waals surface area contributed by atoms with E-state index in [0.29, 0.717) is 0 Å².